The highest BCUT2D eigenvalue weighted by Gasteiger charge is 2.12. The Morgan fingerprint density at radius 3 is 2.83 bits per heavy atom. The molecule has 0 aliphatic heterocycles. The normalized spacial score (nSPS) is 12.1. The highest BCUT2D eigenvalue weighted by atomic mass is 127. The maximum atomic E-state index is 11.5. The molecule has 0 spiro atoms. The summed E-state index contributed by atoms with van der Waals surface area (Å²) < 4.78 is 25.9. The molecule has 2 rings (SSSR count). The molecule has 0 saturated heterocycles. The molecule has 0 bridgehead atoms. The molecule has 18 heavy (non-hydrogen) atoms. The summed E-state index contributed by atoms with van der Waals surface area (Å²) in [6.45, 7) is 1.99. The van der Waals surface area contributed by atoms with Crippen LogP contribution in [0, 0.1) is 3.57 Å². The predicted octanol–water partition coefficient (Wildman–Crippen LogP) is 1.66. The number of nitrogen functional groups attached to an aromatic ring is 1. The number of sulfone groups is 1. The van der Waals surface area contributed by atoms with Crippen molar-refractivity contribution in [1.82, 2.24) is 9.55 Å². The van der Waals surface area contributed by atoms with Gasteiger partial charge in [-0.1, -0.05) is 6.92 Å². The van der Waals surface area contributed by atoms with Gasteiger partial charge in [0.05, 0.1) is 16.8 Å². The zero-order valence-corrected chi connectivity index (χ0v) is 12.9. The zero-order chi connectivity index (χ0) is 13.3. The number of anilines is 1. The van der Waals surface area contributed by atoms with E-state index in [2.05, 4.69) is 27.6 Å². The molecule has 7 heteroatoms. The first-order valence-corrected chi connectivity index (χ1v) is 8.44. The molecule has 0 unspecified atom stereocenters. The van der Waals surface area contributed by atoms with Crippen LogP contribution < -0.4 is 5.73 Å². The van der Waals surface area contributed by atoms with Crippen LogP contribution in [0.2, 0.25) is 0 Å². The maximum Gasteiger partial charge on any atom is 0.201 e. The van der Waals surface area contributed by atoms with Crippen LogP contribution in [0.5, 0.6) is 0 Å². The first-order chi connectivity index (χ1) is 8.43. The largest absolute Gasteiger partial charge is 0.369 e. The quantitative estimate of drug-likeness (QED) is 0.820. The van der Waals surface area contributed by atoms with Gasteiger partial charge in [0, 0.05) is 15.9 Å². The van der Waals surface area contributed by atoms with E-state index in [1.54, 1.807) is 11.5 Å². The molecule has 0 fully saturated rings. The molecule has 1 aromatic carbocycles. The Labute approximate surface area is 119 Å². The topological polar surface area (TPSA) is 78.0 Å². The molecule has 2 N–H and O–H groups in total. The van der Waals surface area contributed by atoms with Gasteiger partial charge in [-0.25, -0.2) is 13.4 Å². The summed E-state index contributed by atoms with van der Waals surface area (Å²) in [4.78, 5) is 4.24. The van der Waals surface area contributed by atoms with Crippen molar-refractivity contribution in [3.8, 4) is 0 Å². The van der Waals surface area contributed by atoms with Gasteiger partial charge < -0.3 is 10.3 Å². The Morgan fingerprint density at radius 1 is 1.44 bits per heavy atom. The molecule has 5 nitrogen and oxygen atoms in total. The van der Waals surface area contributed by atoms with E-state index in [4.69, 9.17) is 5.73 Å². The number of hydrogen-bond donors (Lipinski definition) is 1. The summed E-state index contributed by atoms with van der Waals surface area (Å²) in [5.74, 6) is 0.598. The monoisotopic (exact) mass is 379 g/mol. The fourth-order valence-electron chi connectivity index (χ4n) is 1.73. The van der Waals surface area contributed by atoms with Crippen LogP contribution >= 0.6 is 22.6 Å². The lowest BCUT2D eigenvalue weighted by molar-refractivity contribution is 0.591. The number of nitrogens with two attached hydrogens (primary N) is 1. The van der Waals surface area contributed by atoms with Crippen molar-refractivity contribution in [2.24, 2.45) is 0 Å². The SMILES string of the molecule is CCS(=O)(=O)CCn1c(N)nc2cc(I)ccc21. The van der Waals surface area contributed by atoms with E-state index < -0.39 is 9.84 Å². The third-order valence-electron chi connectivity index (χ3n) is 2.81. The molecule has 0 aliphatic rings. The van der Waals surface area contributed by atoms with E-state index in [1.165, 1.54) is 0 Å². The number of imidazole rings is 1. The molecule has 0 atom stereocenters. The number of nitrogens with zero attached hydrogens (tertiary/aromatic N) is 2. The van der Waals surface area contributed by atoms with Gasteiger partial charge in [-0.05, 0) is 40.8 Å². The van der Waals surface area contributed by atoms with E-state index in [0.29, 0.717) is 12.5 Å². The van der Waals surface area contributed by atoms with Gasteiger partial charge in [-0.2, -0.15) is 0 Å². The van der Waals surface area contributed by atoms with Crippen molar-refractivity contribution in [3.63, 3.8) is 0 Å². The minimum absolute atomic E-state index is 0.0884. The average molecular weight is 379 g/mol. The van der Waals surface area contributed by atoms with Crippen LogP contribution in [0.1, 0.15) is 6.92 Å². The first-order valence-electron chi connectivity index (χ1n) is 5.54. The van der Waals surface area contributed by atoms with E-state index in [9.17, 15) is 8.42 Å². The lowest BCUT2D eigenvalue weighted by atomic mass is 10.3. The summed E-state index contributed by atoms with van der Waals surface area (Å²) in [6.07, 6.45) is 0. The molecule has 0 aliphatic carbocycles. The van der Waals surface area contributed by atoms with Gasteiger partial charge in [-0.3, -0.25) is 0 Å². The van der Waals surface area contributed by atoms with Crippen LogP contribution in [0.15, 0.2) is 18.2 Å². The number of hydrogen-bond acceptors (Lipinski definition) is 4. The van der Waals surface area contributed by atoms with Crippen molar-refractivity contribution in [3.05, 3.63) is 21.8 Å². The first kappa shape index (κ1) is 13.6. The van der Waals surface area contributed by atoms with Gasteiger partial charge in [-0.15, -0.1) is 0 Å². The summed E-state index contributed by atoms with van der Waals surface area (Å²) in [5, 5.41) is 0. The Hall–Kier alpha value is -0.830. The Kier molecular flexibility index (Phi) is 3.81. The van der Waals surface area contributed by atoms with Gasteiger partial charge in [0.2, 0.25) is 5.95 Å². The summed E-state index contributed by atoms with van der Waals surface area (Å²) in [6, 6.07) is 5.80. The number of halogens is 1. The van der Waals surface area contributed by atoms with Crippen molar-refractivity contribution >= 4 is 49.4 Å². The molecule has 1 aromatic heterocycles. The number of fused-ring (bicyclic) bond motifs is 1. The smallest absolute Gasteiger partial charge is 0.201 e. The number of aryl methyl sites for hydroxylation is 1. The van der Waals surface area contributed by atoms with Crippen LogP contribution in [0.25, 0.3) is 11.0 Å². The molecule has 1 heterocycles. The molecule has 98 valence electrons. The van der Waals surface area contributed by atoms with Gasteiger partial charge in [0.25, 0.3) is 0 Å². The van der Waals surface area contributed by atoms with Gasteiger partial charge in [0.15, 0.2) is 9.84 Å². The number of aromatic nitrogens is 2. The minimum Gasteiger partial charge on any atom is -0.369 e. The zero-order valence-electron chi connectivity index (χ0n) is 9.93. The Balaban J connectivity index is 2.36. The van der Waals surface area contributed by atoms with E-state index >= 15 is 0 Å². The second kappa shape index (κ2) is 5.04. The fourth-order valence-corrected chi connectivity index (χ4v) is 2.96. The van der Waals surface area contributed by atoms with E-state index in [0.717, 1.165) is 14.6 Å². The lowest BCUT2D eigenvalue weighted by Crippen LogP contribution is -2.15. The Morgan fingerprint density at radius 2 is 2.17 bits per heavy atom. The van der Waals surface area contributed by atoms with Gasteiger partial charge in [0.1, 0.15) is 0 Å². The van der Waals surface area contributed by atoms with Crippen LogP contribution in [0.3, 0.4) is 0 Å². The third-order valence-corrected chi connectivity index (χ3v) is 5.16. The van der Waals surface area contributed by atoms with E-state index in [1.807, 2.05) is 18.2 Å². The number of benzene rings is 1. The third kappa shape index (κ3) is 2.77. The summed E-state index contributed by atoms with van der Waals surface area (Å²) >= 11 is 2.20. The minimum atomic E-state index is -2.99. The second-order valence-electron chi connectivity index (χ2n) is 3.99. The highest BCUT2D eigenvalue weighted by Crippen LogP contribution is 2.20. The number of rotatable bonds is 4. The van der Waals surface area contributed by atoms with Crippen LogP contribution in [0.4, 0.5) is 5.95 Å². The molecule has 0 radical (unpaired) electrons. The van der Waals surface area contributed by atoms with Crippen molar-refractivity contribution < 1.29 is 8.42 Å². The van der Waals surface area contributed by atoms with Crippen molar-refractivity contribution in [2.45, 2.75) is 13.5 Å². The van der Waals surface area contributed by atoms with Crippen LogP contribution in [-0.2, 0) is 16.4 Å². The second-order valence-corrected chi connectivity index (χ2v) is 7.71. The summed E-state index contributed by atoms with van der Waals surface area (Å²) in [5.41, 5.74) is 7.50. The maximum absolute atomic E-state index is 11.5. The molecule has 0 amide bonds. The summed E-state index contributed by atoms with van der Waals surface area (Å²) in [7, 11) is -2.99. The average Bonchev–Trinajstić information content (AvgIpc) is 2.61. The van der Waals surface area contributed by atoms with Gasteiger partial charge >= 0.3 is 0 Å². The van der Waals surface area contributed by atoms with E-state index in [-0.39, 0.29) is 11.5 Å². The standard InChI is InChI=1S/C11H14IN3O2S/c1-2-18(16,17)6-5-15-10-4-3-8(12)7-9(10)14-11(15)13/h3-4,7H,2,5-6H2,1H3,(H2,13,14). The highest BCUT2D eigenvalue weighted by molar-refractivity contribution is 14.1. The molecular formula is C11H14IN3O2S. The van der Waals surface area contributed by atoms with Crippen molar-refractivity contribution in [1.29, 1.82) is 0 Å². The Bertz CT molecular complexity index is 679. The fraction of sp³-hybridized carbons (Fsp3) is 0.364. The van der Waals surface area contributed by atoms with Crippen LogP contribution in [-0.4, -0.2) is 29.5 Å². The molecule has 2 aromatic rings. The van der Waals surface area contributed by atoms with Crippen molar-refractivity contribution in [2.75, 3.05) is 17.2 Å². The lowest BCUT2D eigenvalue weighted by Gasteiger charge is -2.06. The molecular weight excluding hydrogens is 365 g/mol. The predicted molar refractivity (Wildman–Crippen MR) is 81.2 cm³/mol. The molecule has 0 saturated carbocycles.